The Kier molecular flexibility index (Phi) is 9.32. The van der Waals surface area contributed by atoms with Crippen LogP contribution >= 0.6 is 11.6 Å². The highest BCUT2D eigenvalue weighted by Crippen LogP contribution is 2.45. The molecule has 0 bridgehead atoms. The van der Waals surface area contributed by atoms with E-state index in [1.807, 2.05) is 60.5 Å². The lowest BCUT2D eigenvalue weighted by Crippen LogP contribution is -2.48. The summed E-state index contributed by atoms with van der Waals surface area (Å²) in [6, 6.07) is 23.8. The van der Waals surface area contributed by atoms with E-state index in [0.29, 0.717) is 42.4 Å². The molecule has 2 atom stereocenters. The first-order valence-corrected chi connectivity index (χ1v) is 15.4. The van der Waals surface area contributed by atoms with Gasteiger partial charge in [0.2, 0.25) is 0 Å². The third-order valence-electron chi connectivity index (χ3n) is 8.63. The van der Waals surface area contributed by atoms with E-state index in [1.165, 1.54) is 5.56 Å². The van der Waals surface area contributed by atoms with Crippen LogP contribution in [0.5, 0.6) is 0 Å². The van der Waals surface area contributed by atoms with Gasteiger partial charge < -0.3 is 15.3 Å². The normalized spacial score (nSPS) is 17.0. The van der Waals surface area contributed by atoms with Gasteiger partial charge in [-0.3, -0.25) is 4.79 Å². The monoisotopic (exact) mass is 582 g/mol. The highest BCUT2D eigenvalue weighted by atomic mass is 35.5. The number of fused-ring (bicyclic) bond motifs is 1. The predicted molar refractivity (Wildman–Crippen MR) is 173 cm³/mol. The summed E-state index contributed by atoms with van der Waals surface area (Å²) in [5.74, 6) is 0.136. The van der Waals surface area contributed by atoms with Crippen LogP contribution in [0.4, 0.5) is 0 Å². The Bertz CT molecular complexity index is 1550. The highest BCUT2D eigenvalue weighted by molar-refractivity contribution is 6.33. The van der Waals surface area contributed by atoms with Gasteiger partial charge in [0.15, 0.2) is 0 Å². The van der Waals surface area contributed by atoms with E-state index >= 15 is 0 Å². The van der Waals surface area contributed by atoms with Crippen molar-refractivity contribution >= 4 is 28.4 Å². The van der Waals surface area contributed by atoms with Crippen LogP contribution in [0, 0.1) is 12.8 Å². The fraction of sp³-hybridized carbons (Fsp3) is 0.361. The van der Waals surface area contributed by atoms with Gasteiger partial charge in [-0.25, -0.2) is 4.98 Å². The van der Waals surface area contributed by atoms with Crippen LogP contribution in [0.15, 0.2) is 72.8 Å². The molecular weight excluding hydrogens is 542 g/mol. The number of pyridine rings is 1. The number of likely N-dealkylation sites (tertiary alicyclic amines) is 1. The molecule has 1 aliphatic heterocycles. The molecule has 1 aromatic heterocycles. The first kappa shape index (κ1) is 30.2. The average molecular weight is 583 g/mol. The summed E-state index contributed by atoms with van der Waals surface area (Å²) in [6.45, 7) is 10.3. The van der Waals surface area contributed by atoms with Crippen molar-refractivity contribution < 1.29 is 9.90 Å². The van der Waals surface area contributed by atoms with Crippen molar-refractivity contribution in [2.75, 3.05) is 20.1 Å². The molecule has 0 aliphatic carbocycles. The second-order valence-electron chi connectivity index (χ2n) is 11.8. The van der Waals surface area contributed by atoms with Gasteiger partial charge in [-0.15, -0.1) is 0 Å². The molecule has 0 saturated carbocycles. The van der Waals surface area contributed by atoms with Crippen LogP contribution in [-0.2, 0) is 12.1 Å². The van der Waals surface area contributed by atoms with Gasteiger partial charge in [0.1, 0.15) is 0 Å². The summed E-state index contributed by atoms with van der Waals surface area (Å²) in [5, 5.41) is 17.4. The van der Waals surface area contributed by atoms with E-state index in [9.17, 15) is 9.90 Å². The Hall–Kier alpha value is -3.25. The number of aromatic nitrogens is 1. The van der Waals surface area contributed by atoms with Crippen molar-refractivity contribution in [3.05, 3.63) is 107 Å². The maximum Gasteiger partial charge on any atom is 0.253 e. The van der Waals surface area contributed by atoms with Crippen molar-refractivity contribution in [2.45, 2.75) is 57.6 Å². The van der Waals surface area contributed by atoms with Crippen molar-refractivity contribution in [1.29, 1.82) is 0 Å². The number of aliphatic hydroxyl groups is 1. The number of hydrogen-bond acceptors (Lipinski definition) is 4. The van der Waals surface area contributed by atoms with E-state index < -0.39 is 5.60 Å². The molecule has 42 heavy (non-hydrogen) atoms. The summed E-state index contributed by atoms with van der Waals surface area (Å²) in [6.07, 6.45) is 2.62. The standard InChI is InChI=1S/C36H41ClN3O2/c1-5-20-36(42,28-10-8-21-40(23-28)35(41)27-16-14-25(15-17-27)22-38-4)30-12-7-13-31(37)33(30)32-19-18-26-9-6-11-29(24(2)3)34(26)39-32/h6-7,9,11-19,24,28,38,42H,1,5,8,10,20-23H2,2-4H3. The lowest BCUT2D eigenvalue weighted by atomic mass is 9.72. The van der Waals surface area contributed by atoms with Gasteiger partial charge in [0.05, 0.1) is 21.8 Å². The van der Waals surface area contributed by atoms with Crippen LogP contribution in [0.3, 0.4) is 0 Å². The predicted octanol–water partition coefficient (Wildman–Crippen LogP) is 7.75. The molecular formula is C36H41ClN3O2. The number of rotatable bonds is 9. The summed E-state index contributed by atoms with van der Waals surface area (Å²) in [5.41, 5.74) is 4.94. The zero-order chi connectivity index (χ0) is 29.9. The van der Waals surface area contributed by atoms with Gasteiger partial charge in [-0.2, -0.15) is 0 Å². The average Bonchev–Trinajstić information content (AvgIpc) is 3.00. The second kappa shape index (κ2) is 12.9. The van der Waals surface area contributed by atoms with Gasteiger partial charge in [0.25, 0.3) is 5.91 Å². The minimum Gasteiger partial charge on any atom is -0.385 e. The molecule has 1 radical (unpaired) electrons. The zero-order valence-electron chi connectivity index (χ0n) is 24.9. The zero-order valence-corrected chi connectivity index (χ0v) is 25.6. The van der Waals surface area contributed by atoms with E-state index in [0.717, 1.165) is 52.7 Å². The van der Waals surface area contributed by atoms with E-state index in [2.05, 4.69) is 50.4 Å². The molecule has 5 rings (SSSR count). The Morgan fingerprint density at radius 2 is 1.88 bits per heavy atom. The number of piperidine rings is 1. The lowest BCUT2D eigenvalue weighted by Gasteiger charge is -2.43. The lowest BCUT2D eigenvalue weighted by molar-refractivity contribution is -0.0546. The van der Waals surface area contributed by atoms with Crippen LogP contribution in [0.1, 0.15) is 72.5 Å². The molecule has 1 aliphatic rings. The molecule has 1 saturated heterocycles. The van der Waals surface area contributed by atoms with Crippen molar-refractivity contribution in [3.8, 4) is 11.3 Å². The van der Waals surface area contributed by atoms with Gasteiger partial charge in [0, 0.05) is 42.1 Å². The number of nitrogens with one attached hydrogen (secondary N) is 1. The number of benzene rings is 3. The van der Waals surface area contributed by atoms with Crippen LogP contribution in [-0.4, -0.2) is 41.0 Å². The van der Waals surface area contributed by atoms with E-state index in [-0.39, 0.29) is 11.8 Å². The number of hydrogen-bond donors (Lipinski definition) is 2. The molecule has 0 spiro atoms. The minimum atomic E-state index is -1.23. The van der Waals surface area contributed by atoms with Gasteiger partial charge in [-0.1, -0.05) is 87.3 Å². The number of amides is 1. The molecule has 2 N–H and O–H groups in total. The van der Waals surface area contributed by atoms with E-state index in [1.54, 1.807) is 0 Å². The molecule has 6 heteroatoms. The SMILES string of the molecule is [CH2]CCC(O)(c1cccc(Cl)c1-c1ccc2cccc(C(C)C)c2n1)C1CCCN(C(=O)c2ccc(CNC)cc2)C1. The molecule has 219 valence electrons. The fourth-order valence-electron chi connectivity index (χ4n) is 6.45. The molecule has 3 aromatic carbocycles. The number of halogens is 1. The Morgan fingerprint density at radius 3 is 2.60 bits per heavy atom. The number of nitrogens with zero attached hydrogens (tertiary/aromatic N) is 2. The number of para-hydroxylation sites is 1. The molecule has 1 amide bonds. The maximum atomic E-state index is 13.6. The van der Waals surface area contributed by atoms with Crippen molar-refractivity contribution in [1.82, 2.24) is 15.2 Å². The van der Waals surface area contributed by atoms with Crippen LogP contribution in [0.2, 0.25) is 5.02 Å². The summed E-state index contributed by atoms with van der Waals surface area (Å²) >= 11 is 6.92. The summed E-state index contributed by atoms with van der Waals surface area (Å²) in [4.78, 5) is 20.6. The van der Waals surface area contributed by atoms with Crippen molar-refractivity contribution in [2.24, 2.45) is 5.92 Å². The molecule has 1 fully saturated rings. The minimum absolute atomic E-state index is 0.00332. The Labute approximate surface area is 254 Å². The first-order valence-electron chi connectivity index (χ1n) is 15.0. The van der Waals surface area contributed by atoms with Gasteiger partial charge in [-0.05, 0) is 73.2 Å². The fourth-order valence-corrected chi connectivity index (χ4v) is 6.72. The quantitative estimate of drug-likeness (QED) is 0.212. The van der Waals surface area contributed by atoms with Crippen LogP contribution in [0.25, 0.3) is 22.2 Å². The topological polar surface area (TPSA) is 65.5 Å². The third-order valence-corrected chi connectivity index (χ3v) is 8.95. The van der Waals surface area contributed by atoms with Gasteiger partial charge >= 0.3 is 0 Å². The second-order valence-corrected chi connectivity index (χ2v) is 12.2. The smallest absolute Gasteiger partial charge is 0.253 e. The Balaban J connectivity index is 1.53. The maximum absolute atomic E-state index is 13.6. The molecule has 2 heterocycles. The Morgan fingerprint density at radius 1 is 1.12 bits per heavy atom. The highest BCUT2D eigenvalue weighted by Gasteiger charge is 2.43. The first-order chi connectivity index (χ1) is 20.3. The number of carbonyl (C=O) groups excluding carboxylic acids is 1. The molecule has 4 aromatic rings. The van der Waals surface area contributed by atoms with E-state index in [4.69, 9.17) is 16.6 Å². The summed E-state index contributed by atoms with van der Waals surface area (Å²) in [7, 11) is 1.91. The van der Waals surface area contributed by atoms with Crippen molar-refractivity contribution in [3.63, 3.8) is 0 Å². The number of carbonyl (C=O) groups is 1. The van der Waals surface area contributed by atoms with Crippen LogP contribution < -0.4 is 5.32 Å². The molecule has 5 nitrogen and oxygen atoms in total. The third kappa shape index (κ3) is 5.96. The molecule has 2 unspecified atom stereocenters. The largest absolute Gasteiger partial charge is 0.385 e. The summed E-state index contributed by atoms with van der Waals surface area (Å²) < 4.78 is 0.